The average molecular weight is 315 g/mol. The maximum Gasteiger partial charge on any atom is 0.225 e. The minimum atomic E-state index is -0.0439. The van der Waals surface area contributed by atoms with Crippen molar-refractivity contribution in [2.75, 3.05) is 16.8 Å². The number of aromatic nitrogens is 1. The van der Waals surface area contributed by atoms with Gasteiger partial charge < -0.3 is 10.2 Å². The lowest BCUT2D eigenvalue weighted by molar-refractivity contribution is -0.117. The standard InChI is InChI=1S/C16H17N3O2S/c1-3-15(21)18-16-17-13(9-22-16)12-5-4-11-6-7-19(10(2)20)14(11)8-12/h4-5,8-9H,3,6-7H2,1-2H3,(H,17,18,21). The molecule has 0 radical (unpaired) electrons. The van der Waals surface area contributed by atoms with E-state index in [2.05, 4.69) is 16.4 Å². The molecule has 2 amide bonds. The first-order valence-electron chi connectivity index (χ1n) is 7.25. The maximum absolute atomic E-state index is 11.7. The molecule has 1 aromatic heterocycles. The van der Waals surface area contributed by atoms with Crippen molar-refractivity contribution >= 4 is 34.0 Å². The molecule has 5 nitrogen and oxygen atoms in total. The number of hydrogen-bond acceptors (Lipinski definition) is 4. The highest BCUT2D eigenvalue weighted by Gasteiger charge is 2.22. The predicted molar refractivity (Wildman–Crippen MR) is 88.2 cm³/mol. The van der Waals surface area contributed by atoms with Crippen molar-refractivity contribution in [1.29, 1.82) is 0 Å². The summed E-state index contributed by atoms with van der Waals surface area (Å²) in [6.07, 6.45) is 1.32. The molecule has 0 saturated carbocycles. The molecule has 2 aromatic rings. The Balaban J connectivity index is 1.89. The molecule has 1 aliphatic rings. The zero-order valence-corrected chi connectivity index (χ0v) is 13.4. The van der Waals surface area contributed by atoms with E-state index in [0.29, 0.717) is 11.6 Å². The Morgan fingerprint density at radius 3 is 2.95 bits per heavy atom. The smallest absolute Gasteiger partial charge is 0.225 e. The number of amides is 2. The van der Waals surface area contributed by atoms with Crippen LogP contribution in [0.15, 0.2) is 23.6 Å². The Morgan fingerprint density at radius 1 is 1.41 bits per heavy atom. The quantitative estimate of drug-likeness (QED) is 0.947. The predicted octanol–water partition coefficient (Wildman–Crippen LogP) is 3.07. The van der Waals surface area contributed by atoms with Crippen molar-refractivity contribution in [2.24, 2.45) is 0 Å². The van der Waals surface area contributed by atoms with Gasteiger partial charge >= 0.3 is 0 Å². The Hall–Kier alpha value is -2.21. The van der Waals surface area contributed by atoms with Crippen LogP contribution in [0.3, 0.4) is 0 Å². The number of hydrogen-bond donors (Lipinski definition) is 1. The summed E-state index contributed by atoms with van der Waals surface area (Å²) in [6.45, 7) is 4.13. The molecule has 0 spiro atoms. The summed E-state index contributed by atoms with van der Waals surface area (Å²) < 4.78 is 0. The second-order valence-corrected chi connectivity index (χ2v) is 6.06. The number of anilines is 2. The molecule has 0 bridgehead atoms. The Morgan fingerprint density at radius 2 is 2.23 bits per heavy atom. The van der Waals surface area contributed by atoms with Crippen LogP contribution in [0, 0.1) is 0 Å². The van der Waals surface area contributed by atoms with Gasteiger partial charge in [-0.15, -0.1) is 11.3 Å². The van der Waals surface area contributed by atoms with Crippen molar-refractivity contribution in [2.45, 2.75) is 26.7 Å². The third-order valence-electron chi connectivity index (χ3n) is 3.73. The van der Waals surface area contributed by atoms with Crippen LogP contribution in [0.1, 0.15) is 25.8 Å². The highest BCUT2D eigenvalue weighted by molar-refractivity contribution is 7.14. The minimum absolute atomic E-state index is 0.0439. The first kappa shape index (κ1) is 14.7. The molecular weight excluding hydrogens is 298 g/mol. The van der Waals surface area contributed by atoms with E-state index in [1.165, 1.54) is 16.9 Å². The van der Waals surface area contributed by atoms with Gasteiger partial charge in [-0.25, -0.2) is 4.98 Å². The number of benzene rings is 1. The van der Waals surface area contributed by atoms with E-state index in [9.17, 15) is 9.59 Å². The van der Waals surface area contributed by atoms with Crippen molar-refractivity contribution in [3.63, 3.8) is 0 Å². The summed E-state index contributed by atoms with van der Waals surface area (Å²) in [7, 11) is 0. The van der Waals surface area contributed by atoms with Crippen LogP contribution >= 0.6 is 11.3 Å². The second kappa shape index (κ2) is 5.88. The van der Waals surface area contributed by atoms with E-state index < -0.39 is 0 Å². The zero-order chi connectivity index (χ0) is 15.7. The van der Waals surface area contributed by atoms with E-state index in [-0.39, 0.29) is 11.8 Å². The highest BCUT2D eigenvalue weighted by Crippen LogP contribution is 2.33. The molecule has 0 unspecified atom stereocenters. The van der Waals surface area contributed by atoms with Gasteiger partial charge in [0.25, 0.3) is 0 Å². The third kappa shape index (κ3) is 2.74. The van der Waals surface area contributed by atoms with Crippen molar-refractivity contribution in [1.82, 2.24) is 4.98 Å². The van der Waals surface area contributed by atoms with Gasteiger partial charge in [0.2, 0.25) is 11.8 Å². The molecule has 0 saturated heterocycles. The largest absolute Gasteiger partial charge is 0.312 e. The lowest BCUT2D eigenvalue weighted by Crippen LogP contribution is -2.25. The highest BCUT2D eigenvalue weighted by atomic mass is 32.1. The lowest BCUT2D eigenvalue weighted by atomic mass is 10.1. The monoisotopic (exact) mass is 315 g/mol. The fourth-order valence-corrected chi connectivity index (χ4v) is 3.27. The third-order valence-corrected chi connectivity index (χ3v) is 4.49. The maximum atomic E-state index is 11.7. The number of nitrogens with zero attached hydrogens (tertiary/aromatic N) is 2. The fraction of sp³-hybridized carbons (Fsp3) is 0.312. The van der Waals surface area contributed by atoms with Crippen molar-refractivity contribution in [3.05, 3.63) is 29.1 Å². The molecule has 0 atom stereocenters. The van der Waals surface area contributed by atoms with Gasteiger partial charge in [0.1, 0.15) is 0 Å². The number of thiazole rings is 1. The number of nitrogens with one attached hydrogen (secondary N) is 1. The van der Waals surface area contributed by atoms with Crippen LogP contribution in [0.2, 0.25) is 0 Å². The van der Waals surface area contributed by atoms with Gasteiger partial charge in [-0.1, -0.05) is 19.1 Å². The first-order valence-corrected chi connectivity index (χ1v) is 8.13. The molecule has 2 heterocycles. The lowest BCUT2D eigenvalue weighted by Gasteiger charge is -2.15. The number of rotatable bonds is 3. The van der Waals surface area contributed by atoms with Crippen LogP contribution in [0.5, 0.6) is 0 Å². The summed E-state index contributed by atoms with van der Waals surface area (Å²) in [5, 5.41) is 5.28. The van der Waals surface area contributed by atoms with Crippen LogP contribution < -0.4 is 10.2 Å². The van der Waals surface area contributed by atoms with E-state index in [1.807, 2.05) is 17.5 Å². The van der Waals surface area contributed by atoms with E-state index in [0.717, 1.165) is 29.9 Å². The van der Waals surface area contributed by atoms with Crippen molar-refractivity contribution < 1.29 is 9.59 Å². The molecule has 114 valence electrons. The second-order valence-electron chi connectivity index (χ2n) is 5.20. The minimum Gasteiger partial charge on any atom is -0.312 e. The summed E-state index contributed by atoms with van der Waals surface area (Å²) in [6, 6.07) is 6.07. The summed E-state index contributed by atoms with van der Waals surface area (Å²) >= 11 is 1.40. The van der Waals surface area contributed by atoms with Gasteiger partial charge in [-0.2, -0.15) is 0 Å². The van der Waals surface area contributed by atoms with E-state index in [4.69, 9.17) is 0 Å². The summed E-state index contributed by atoms with van der Waals surface area (Å²) in [5.74, 6) is 0.0164. The van der Waals surface area contributed by atoms with Crippen LogP contribution in [-0.2, 0) is 16.0 Å². The number of carbonyl (C=O) groups is 2. The molecule has 1 aliphatic heterocycles. The van der Waals surface area contributed by atoms with E-state index in [1.54, 1.807) is 18.7 Å². The van der Waals surface area contributed by atoms with Gasteiger partial charge in [-0.3, -0.25) is 9.59 Å². The van der Waals surface area contributed by atoms with Crippen LogP contribution in [0.25, 0.3) is 11.3 Å². The molecule has 1 aromatic carbocycles. The molecular formula is C16H17N3O2S. The van der Waals surface area contributed by atoms with Gasteiger partial charge in [0.05, 0.1) is 5.69 Å². The van der Waals surface area contributed by atoms with Crippen molar-refractivity contribution in [3.8, 4) is 11.3 Å². The summed E-state index contributed by atoms with van der Waals surface area (Å²) in [5.41, 5.74) is 3.93. The SMILES string of the molecule is CCC(=O)Nc1nc(-c2ccc3c(c2)N(C(C)=O)CC3)cs1. The van der Waals surface area contributed by atoms with Gasteiger partial charge in [0, 0.05) is 36.5 Å². The molecule has 22 heavy (non-hydrogen) atoms. The van der Waals surface area contributed by atoms with Gasteiger partial charge in [0.15, 0.2) is 5.13 Å². The first-order chi connectivity index (χ1) is 10.6. The number of fused-ring (bicyclic) bond motifs is 1. The molecule has 1 N–H and O–H groups in total. The fourth-order valence-electron chi connectivity index (χ4n) is 2.54. The average Bonchev–Trinajstić information content (AvgIpc) is 3.12. The van der Waals surface area contributed by atoms with E-state index >= 15 is 0 Å². The van der Waals surface area contributed by atoms with Crippen LogP contribution in [0.4, 0.5) is 10.8 Å². The Bertz CT molecular complexity index is 739. The van der Waals surface area contributed by atoms with Gasteiger partial charge in [-0.05, 0) is 18.1 Å². The summed E-state index contributed by atoms with van der Waals surface area (Å²) in [4.78, 5) is 29.3. The topological polar surface area (TPSA) is 62.3 Å². The molecule has 0 fully saturated rings. The molecule has 3 rings (SSSR count). The Kier molecular flexibility index (Phi) is 3.94. The normalized spacial score (nSPS) is 13.1. The zero-order valence-electron chi connectivity index (χ0n) is 12.5. The molecule has 6 heteroatoms. The van der Waals surface area contributed by atoms with Crippen LogP contribution in [-0.4, -0.2) is 23.3 Å². The number of carbonyl (C=O) groups excluding carboxylic acids is 2. The molecule has 0 aliphatic carbocycles. The Labute approximate surface area is 133 Å².